The maximum atomic E-state index is 12.5. The van der Waals surface area contributed by atoms with E-state index in [1.807, 2.05) is 0 Å². The number of alkyl halides is 3. The molecule has 0 spiro atoms. The summed E-state index contributed by atoms with van der Waals surface area (Å²) in [5.74, 6) is -1.20. The normalized spacial score (nSPS) is 13.2. The van der Waals surface area contributed by atoms with Gasteiger partial charge in [0, 0.05) is 6.54 Å². The summed E-state index contributed by atoms with van der Waals surface area (Å²) >= 11 is 0. The maximum Gasteiger partial charge on any atom is 0.416 e. The number of hydrogen-bond acceptors (Lipinski definition) is 4. The molecule has 1 rings (SSSR count). The van der Waals surface area contributed by atoms with Gasteiger partial charge in [-0.25, -0.2) is 9.59 Å². The molecule has 0 unspecified atom stereocenters. The molecule has 0 bridgehead atoms. The molecular formula is C17H23F3N2O4. The van der Waals surface area contributed by atoms with Crippen LogP contribution in [0.3, 0.4) is 0 Å². The molecule has 0 aliphatic heterocycles. The number of aliphatic carboxylic acids is 1. The number of rotatable bonds is 7. The average molecular weight is 376 g/mol. The van der Waals surface area contributed by atoms with E-state index in [0.29, 0.717) is 5.56 Å². The SMILES string of the molecule is CC(C)(C)OC(=O)N[C@@H](CCNCc1ccc(C(F)(F)F)cc1)C(=O)O. The van der Waals surface area contributed by atoms with Gasteiger partial charge in [0.1, 0.15) is 11.6 Å². The van der Waals surface area contributed by atoms with Crippen molar-refractivity contribution < 1.29 is 32.6 Å². The van der Waals surface area contributed by atoms with Crippen molar-refractivity contribution >= 4 is 12.1 Å². The molecule has 1 atom stereocenters. The highest BCUT2D eigenvalue weighted by Crippen LogP contribution is 2.29. The molecule has 0 saturated carbocycles. The molecule has 0 aromatic heterocycles. The second-order valence-corrected chi connectivity index (χ2v) is 6.70. The average Bonchev–Trinajstić information content (AvgIpc) is 2.47. The Hall–Kier alpha value is -2.29. The van der Waals surface area contributed by atoms with Crippen molar-refractivity contribution in [3.63, 3.8) is 0 Å². The third-order valence-corrected chi connectivity index (χ3v) is 3.21. The Bertz CT molecular complexity index is 610. The number of alkyl carbamates (subject to hydrolysis) is 1. The van der Waals surface area contributed by atoms with Crippen LogP contribution in [0.2, 0.25) is 0 Å². The van der Waals surface area contributed by atoms with Gasteiger partial charge < -0.3 is 20.5 Å². The van der Waals surface area contributed by atoms with Crippen molar-refractivity contribution in [2.24, 2.45) is 0 Å². The Morgan fingerprint density at radius 2 is 1.73 bits per heavy atom. The van der Waals surface area contributed by atoms with Crippen molar-refractivity contribution in [1.82, 2.24) is 10.6 Å². The highest BCUT2D eigenvalue weighted by molar-refractivity contribution is 5.79. The molecule has 0 aliphatic carbocycles. The van der Waals surface area contributed by atoms with Crippen molar-refractivity contribution in [2.75, 3.05) is 6.54 Å². The van der Waals surface area contributed by atoms with Crippen molar-refractivity contribution in [1.29, 1.82) is 0 Å². The lowest BCUT2D eigenvalue weighted by atomic mass is 10.1. The second-order valence-electron chi connectivity index (χ2n) is 6.70. The molecule has 0 fully saturated rings. The topological polar surface area (TPSA) is 87.7 Å². The van der Waals surface area contributed by atoms with Crippen molar-refractivity contribution in [3.05, 3.63) is 35.4 Å². The highest BCUT2D eigenvalue weighted by atomic mass is 19.4. The molecule has 1 amide bonds. The zero-order chi connectivity index (χ0) is 20.0. The van der Waals surface area contributed by atoms with E-state index in [1.54, 1.807) is 20.8 Å². The van der Waals surface area contributed by atoms with Gasteiger partial charge in [0.15, 0.2) is 0 Å². The number of halogens is 3. The summed E-state index contributed by atoms with van der Waals surface area (Å²) in [6.45, 7) is 5.50. The number of benzene rings is 1. The number of amides is 1. The summed E-state index contributed by atoms with van der Waals surface area (Å²) in [4.78, 5) is 22.8. The van der Waals surface area contributed by atoms with Crippen LogP contribution < -0.4 is 10.6 Å². The lowest BCUT2D eigenvalue weighted by Gasteiger charge is -2.22. The first-order valence-corrected chi connectivity index (χ1v) is 7.97. The Kier molecular flexibility index (Phi) is 7.43. The number of hydrogen-bond donors (Lipinski definition) is 3. The van der Waals surface area contributed by atoms with Gasteiger partial charge in [0.05, 0.1) is 5.56 Å². The summed E-state index contributed by atoms with van der Waals surface area (Å²) in [6, 6.07) is 3.54. The van der Waals surface area contributed by atoms with Gasteiger partial charge in [-0.15, -0.1) is 0 Å². The Labute approximate surface area is 149 Å². The van der Waals surface area contributed by atoms with Gasteiger partial charge in [0.2, 0.25) is 0 Å². The minimum Gasteiger partial charge on any atom is -0.480 e. The summed E-state index contributed by atoms with van der Waals surface area (Å²) in [5, 5.41) is 14.3. The fraction of sp³-hybridized carbons (Fsp3) is 0.529. The second kappa shape index (κ2) is 8.88. The molecule has 0 heterocycles. The Balaban J connectivity index is 2.44. The Morgan fingerprint density at radius 3 is 2.19 bits per heavy atom. The molecule has 146 valence electrons. The molecule has 26 heavy (non-hydrogen) atoms. The number of carbonyl (C=O) groups is 2. The highest BCUT2D eigenvalue weighted by Gasteiger charge is 2.29. The van der Waals surface area contributed by atoms with Crippen LogP contribution in [0.4, 0.5) is 18.0 Å². The van der Waals surface area contributed by atoms with E-state index >= 15 is 0 Å². The first kappa shape index (κ1) is 21.8. The van der Waals surface area contributed by atoms with E-state index in [4.69, 9.17) is 9.84 Å². The fourth-order valence-electron chi connectivity index (χ4n) is 2.00. The van der Waals surface area contributed by atoms with E-state index in [1.165, 1.54) is 12.1 Å². The quantitative estimate of drug-likeness (QED) is 0.637. The lowest BCUT2D eigenvalue weighted by Crippen LogP contribution is -2.44. The van der Waals surface area contributed by atoms with Crippen molar-refractivity contribution in [2.45, 2.75) is 51.6 Å². The van der Waals surface area contributed by atoms with E-state index in [9.17, 15) is 22.8 Å². The van der Waals surface area contributed by atoms with Crippen LogP contribution in [-0.4, -0.2) is 35.4 Å². The third-order valence-electron chi connectivity index (χ3n) is 3.21. The predicted octanol–water partition coefficient (Wildman–Crippen LogP) is 3.16. The predicted molar refractivity (Wildman–Crippen MR) is 88.6 cm³/mol. The zero-order valence-electron chi connectivity index (χ0n) is 14.8. The van der Waals surface area contributed by atoms with Crippen LogP contribution in [0.25, 0.3) is 0 Å². The molecule has 6 nitrogen and oxygen atoms in total. The Morgan fingerprint density at radius 1 is 1.15 bits per heavy atom. The number of carbonyl (C=O) groups excluding carboxylic acids is 1. The van der Waals surface area contributed by atoms with Gasteiger partial charge in [-0.3, -0.25) is 0 Å². The van der Waals surface area contributed by atoms with Crippen LogP contribution in [0, 0.1) is 0 Å². The summed E-state index contributed by atoms with van der Waals surface area (Å²) < 4.78 is 42.5. The molecule has 9 heteroatoms. The smallest absolute Gasteiger partial charge is 0.416 e. The van der Waals surface area contributed by atoms with Crippen LogP contribution in [0.5, 0.6) is 0 Å². The number of ether oxygens (including phenoxy) is 1. The monoisotopic (exact) mass is 376 g/mol. The standard InChI is InChI=1S/C17H23F3N2O4/c1-16(2,3)26-15(25)22-13(14(23)24)8-9-21-10-11-4-6-12(7-5-11)17(18,19)20/h4-7,13,21H,8-10H2,1-3H3,(H,22,25)(H,23,24)/t13-/m0/s1. The van der Waals surface area contributed by atoms with E-state index < -0.39 is 35.4 Å². The molecule has 0 radical (unpaired) electrons. The molecule has 1 aromatic carbocycles. The van der Waals surface area contributed by atoms with E-state index in [0.717, 1.165) is 12.1 Å². The molecule has 3 N–H and O–H groups in total. The van der Waals surface area contributed by atoms with Gasteiger partial charge in [-0.2, -0.15) is 13.2 Å². The molecule has 0 aliphatic rings. The molecule has 1 aromatic rings. The third kappa shape index (κ3) is 8.19. The van der Waals surface area contributed by atoms with Gasteiger partial charge in [-0.05, 0) is 51.4 Å². The van der Waals surface area contributed by atoms with Gasteiger partial charge in [0.25, 0.3) is 0 Å². The van der Waals surface area contributed by atoms with Crippen LogP contribution in [0.1, 0.15) is 38.3 Å². The van der Waals surface area contributed by atoms with Crippen molar-refractivity contribution in [3.8, 4) is 0 Å². The number of carboxylic acids is 1. The lowest BCUT2D eigenvalue weighted by molar-refractivity contribution is -0.139. The van der Waals surface area contributed by atoms with Gasteiger partial charge in [-0.1, -0.05) is 12.1 Å². The molecule has 0 saturated heterocycles. The fourth-order valence-corrected chi connectivity index (χ4v) is 2.00. The number of carboxylic acid groups (broad SMARTS) is 1. The van der Waals surface area contributed by atoms with Crippen LogP contribution in [0.15, 0.2) is 24.3 Å². The van der Waals surface area contributed by atoms with E-state index in [-0.39, 0.29) is 19.5 Å². The largest absolute Gasteiger partial charge is 0.480 e. The maximum absolute atomic E-state index is 12.5. The van der Waals surface area contributed by atoms with E-state index in [2.05, 4.69) is 10.6 Å². The summed E-state index contributed by atoms with van der Waals surface area (Å²) in [6.07, 6.45) is -5.11. The minimum absolute atomic E-state index is 0.0925. The number of nitrogens with one attached hydrogen (secondary N) is 2. The van der Waals surface area contributed by atoms with Crippen LogP contribution in [-0.2, 0) is 22.3 Å². The zero-order valence-corrected chi connectivity index (χ0v) is 14.8. The van der Waals surface area contributed by atoms with Crippen LogP contribution >= 0.6 is 0 Å². The summed E-state index contributed by atoms with van der Waals surface area (Å²) in [7, 11) is 0. The first-order chi connectivity index (χ1) is 11.9. The minimum atomic E-state index is -4.38. The summed E-state index contributed by atoms with van der Waals surface area (Å²) in [5.41, 5.74) is -0.840. The first-order valence-electron chi connectivity index (χ1n) is 7.97. The molecular weight excluding hydrogens is 353 g/mol. The van der Waals surface area contributed by atoms with Gasteiger partial charge >= 0.3 is 18.2 Å².